The molecule has 4 aromatic heterocycles. The lowest BCUT2D eigenvalue weighted by Crippen LogP contribution is -2.18. The molecule has 0 amide bonds. The smallest absolute Gasteiger partial charge is 0.339 e. The Hall–Kier alpha value is -4.11. The van der Waals surface area contributed by atoms with E-state index in [-0.39, 0.29) is 12.2 Å². The van der Waals surface area contributed by atoms with E-state index < -0.39 is 5.97 Å². The third-order valence-electron chi connectivity index (χ3n) is 6.23. The number of para-hydroxylation sites is 1. The number of carbonyl (C=O) groups excluding carboxylic acids is 1. The number of ether oxygens (including phenoxy) is 1. The maximum absolute atomic E-state index is 13.5. The van der Waals surface area contributed by atoms with Crippen molar-refractivity contribution in [2.24, 2.45) is 0 Å². The molecule has 1 aromatic carbocycles. The van der Waals surface area contributed by atoms with Crippen LogP contribution < -0.4 is 5.56 Å². The second-order valence-corrected chi connectivity index (χ2v) is 9.62. The molecule has 1 aliphatic rings. The molecule has 180 valence electrons. The van der Waals surface area contributed by atoms with Gasteiger partial charge in [0.1, 0.15) is 17.4 Å². The lowest BCUT2D eigenvalue weighted by atomic mass is 9.86. The summed E-state index contributed by atoms with van der Waals surface area (Å²) in [5.74, 6) is 0.295. The molecule has 0 spiro atoms. The normalized spacial score (nSPS) is 14.4. The SMILES string of the molecule is CCc1nn2c(=O)cc(COC(=O)c3c4c(nc5ccccc35)/C(=C/c3ccco3)CCC4)nc2s1. The predicted molar refractivity (Wildman–Crippen MR) is 137 cm³/mol. The first-order chi connectivity index (χ1) is 17.6. The van der Waals surface area contributed by atoms with Crippen LogP contribution in [0.3, 0.4) is 0 Å². The summed E-state index contributed by atoms with van der Waals surface area (Å²) >= 11 is 1.36. The van der Waals surface area contributed by atoms with Crippen LogP contribution >= 0.6 is 11.3 Å². The lowest BCUT2D eigenvalue weighted by molar-refractivity contribution is 0.0468. The predicted octanol–water partition coefficient (Wildman–Crippen LogP) is 5.09. The first-order valence-electron chi connectivity index (χ1n) is 11.8. The fourth-order valence-electron chi connectivity index (χ4n) is 4.58. The van der Waals surface area contributed by atoms with Crippen molar-refractivity contribution in [2.45, 2.75) is 39.2 Å². The minimum absolute atomic E-state index is 0.107. The minimum Gasteiger partial charge on any atom is -0.465 e. The number of hydrogen-bond acceptors (Lipinski definition) is 8. The zero-order chi connectivity index (χ0) is 24.6. The first-order valence-corrected chi connectivity index (χ1v) is 12.6. The Kier molecular flexibility index (Phi) is 5.69. The Balaban J connectivity index is 1.38. The summed E-state index contributed by atoms with van der Waals surface area (Å²) in [5, 5.41) is 5.83. The van der Waals surface area contributed by atoms with Crippen molar-refractivity contribution in [3.63, 3.8) is 0 Å². The summed E-state index contributed by atoms with van der Waals surface area (Å²) in [6, 6.07) is 12.7. The van der Waals surface area contributed by atoms with Crippen LogP contribution in [0.15, 0.2) is 57.9 Å². The topological polar surface area (TPSA) is 99.6 Å². The van der Waals surface area contributed by atoms with Crippen LogP contribution in [0.5, 0.6) is 0 Å². The molecule has 0 aliphatic heterocycles. The van der Waals surface area contributed by atoms with E-state index in [2.05, 4.69) is 10.1 Å². The van der Waals surface area contributed by atoms with Gasteiger partial charge in [-0.15, -0.1) is 0 Å². The number of carbonyl (C=O) groups is 1. The zero-order valence-electron chi connectivity index (χ0n) is 19.6. The highest BCUT2D eigenvalue weighted by Crippen LogP contribution is 2.36. The summed E-state index contributed by atoms with van der Waals surface area (Å²) < 4.78 is 12.5. The van der Waals surface area contributed by atoms with Gasteiger partial charge in [0.25, 0.3) is 5.56 Å². The van der Waals surface area contributed by atoms with Gasteiger partial charge in [0.2, 0.25) is 4.96 Å². The minimum atomic E-state index is -0.454. The van der Waals surface area contributed by atoms with E-state index in [1.165, 1.54) is 21.9 Å². The molecule has 5 aromatic rings. The number of nitrogens with zero attached hydrogens (tertiary/aromatic N) is 4. The van der Waals surface area contributed by atoms with Gasteiger partial charge in [0, 0.05) is 11.5 Å². The number of benzene rings is 1. The maximum atomic E-state index is 13.5. The van der Waals surface area contributed by atoms with Gasteiger partial charge in [-0.05, 0) is 61.1 Å². The van der Waals surface area contributed by atoms with Crippen LogP contribution in [-0.4, -0.2) is 25.6 Å². The van der Waals surface area contributed by atoms with Crippen molar-refractivity contribution in [1.82, 2.24) is 19.6 Å². The van der Waals surface area contributed by atoms with Crippen molar-refractivity contribution < 1.29 is 13.9 Å². The van der Waals surface area contributed by atoms with Gasteiger partial charge in [-0.2, -0.15) is 9.61 Å². The third-order valence-corrected chi connectivity index (χ3v) is 7.28. The molecule has 0 fully saturated rings. The molecule has 36 heavy (non-hydrogen) atoms. The van der Waals surface area contributed by atoms with E-state index in [1.807, 2.05) is 49.4 Å². The summed E-state index contributed by atoms with van der Waals surface area (Å²) in [7, 11) is 0. The van der Waals surface area contributed by atoms with Crippen LogP contribution in [0.2, 0.25) is 0 Å². The number of pyridine rings is 1. The number of aryl methyl sites for hydroxylation is 1. The fourth-order valence-corrected chi connectivity index (χ4v) is 5.44. The molecule has 0 saturated heterocycles. The molecule has 0 bridgehead atoms. The van der Waals surface area contributed by atoms with Crippen LogP contribution in [0.25, 0.3) is 27.5 Å². The quantitative estimate of drug-likeness (QED) is 0.311. The van der Waals surface area contributed by atoms with Gasteiger partial charge in [0.05, 0.1) is 28.7 Å². The number of aromatic nitrogens is 4. The monoisotopic (exact) mass is 498 g/mol. The van der Waals surface area contributed by atoms with Crippen molar-refractivity contribution >= 4 is 44.8 Å². The fraction of sp³-hybridized carbons (Fsp3) is 0.222. The molecule has 9 heteroatoms. The Morgan fingerprint density at radius 2 is 2.08 bits per heavy atom. The Morgan fingerprint density at radius 3 is 2.92 bits per heavy atom. The Labute approximate surface area is 209 Å². The molecular formula is C27H22N4O4S. The van der Waals surface area contributed by atoms with Crippen molar-refractivity contribution in [3.8, 4) is 0 Å². The standard InChI is InChI=1S/C27H22N4O4S/c1-2-22-30-31-23(32)14-17(28-27(31)36-22)15-35-26(33)24-19-9-3-4-11-21(19)29-25-16(7-5-10-20(24)25)13-18-8-6-12-34-18/h3-4,6,8-9,11-14H,2,5,7,10,15H2,1H3/b16-13+. The van der Waals surface area contributed by atoms with Gasteiger partial charge in [-0.25, -0.2) is 14.8 Å². The van der Waals surface area contributed by atoms with E-state index in [0.717, 1.165) is 57.8 Å². The van der Waals surface area contributed by atoms with E-state index in [4.69, 9.17) is 14.1 Å². The summed E-state index contributed by atoms with van der Waals surface area (Å²) in [6.45, 7) is 1.87. The number of esters is 1. The second-order valence-electron chi connectivity index (χ2n) is 8.58. The Morgan fingerprint density at radius 1 is 1.19 bits per heavy atom. The molecule has 0 atom stereocenters. The second kappa shape index (κ2) is 9.16. The number of furan rings is 1. The summed E-state index contributed by atoms with van der Waals surface area (Å²) in [5.41, 5.74) is 4.06. The van der Waals surface area contributed by atoms with Gasteiger partial charge in [-0.3, -0.25) is 4.79 Å². The lowest BCUT2D eigenvalue weighted by Gasteiger charge is -2.22. The van der Waals surface area contributed by atoms with Gasteiger partial charge < -0.3 is 9.15 Å². The number of hydrogen-bond donors (Lipinski definition) is 0. The van der Waals surface area contributed by atoms with E-state index in [0.29, 0.717) is 22.6 Å². The first kappa shape index (κ1) is 22.4. The number of rotatable bonds is 5. The highest BCUT2D eigenvalue weighted by molar-refractivity contribution is 7.16. The number of fused-ring (bicyclic) bond motifs is 3. The highest BCUT2D eigenvalue weighted by atomic mass is 32.1. The van der Waals surface area contributed by atoms with Crippen molar-refractivity contribution in [1.29, 1.82) is 0 Å². The Bertz CT molecular complexity index is 1700. The third kappa shape index (κ3) is 4.01. The largest absolute Gasteiger partial charge is 0.465 e. The molecule has 8 nitrogen and oxygen atoms in total. The van der Waals surface area contributed by atoms with Gasteiger partial charge in [-0.1, -0.05) is 36.5 Å². The molecule has 1 aliphatic carbocycles. The average Bonchev–Trinajstić information content (AvgIpc) is 3.56. The van der Waals surface area contributed by atoms with Crippen LogP contribution in [0.4, 0.5) is 0 Å². The maximum Gasteiger partial charge on any atom is 0.339 e. The summed E-state index contributed by atoms with van der Waals surface area (Å²) in [6.07, 6.45) is 6.80. The van der Waals surface area contributed by atoms with Gasteiger partial charge >= 0.3 is 5.97 Å². The molecular weight excluding hydrogens is 476 g/mol. The van der Waals surface area contributed by atoms with Gasteiger partial charge in [0.15, 0.2) is 0 Å². The molecule has 4 heterocycles. The van der Waals surface area contributed by atoms with Crippen LogP contribution in [0.1, 0.15) is 57.8 Å². The van der Waals surface area contributed by atoms with Crippen LogP contribution in [-0.2, 0) is 24.2 Å². The van der Waals surface area contributed by atoms with E-state index >= 15 is 0 Å². The zero-order valence-corrected chi connectivity index (χ0v) is 20.4. The molecule has 0 unspecified atom stereocenters. The van der Waals surface area contributed by atoms with Crippen LogP contribution in [0, 0.1) is 0 Å². The molecule has 6 rings (SSSR count). The summed E-state index contributed by atoms with van der Waals surface area (Å²) in [4.78, 5) is 35.9. The van der Waals surface area contributed by atoms with Crippen molar-refractivity contribution in [3.05, 3.63) is 92.4 Å². The van der Waals surface area contributed by atoms with E-state index in [1.54, 1.807) is 6.26 Å². The van der Waals surface area contributed by atoms with Crippen molar-refractivity contribution in [2.75, 3.05) is 0 Å². The average molecular weight is 499 g/mol. The molecule has 0 saturated carbocycles. The number of allylic oxidation sites excluding steroid dienone is 1. The molecule has 0 radical (unpaired) electrons. The molecule has 0 N–H and O–H groups in total. The van der Waals surface area contributed by atoms with E-state index in [9.17, 15) is 9.59 Å². The highest BCUT2D eigenvalue weighted by Gasteiger charge is 2.26.